The molecule has 0 unspecified atom stereocenters. The average molecular weight is 235 g/mol. The van der Waals surface area contributed by atoms with Gasteiger partial charge in [0.1, 0.15) is 0 Å². The molecule has 0 fully saturated rings. The predicted octanol–water partition coefficient (Wildman–Crippen LogP) is 3.05. The van der Waals surface area contributed by atoms with Gasteiger partial charge in [-0.15, -0.1) is 0 Å². The molecule has 0 aliphatic heterocycles. The van der Waals surface area contributed by atoms with Gasteiger partial charge in [-0.3, -0.25) is 0 Å². The van der Waals surface area contributed by atoms with E-state index in [4.69, 9.17) is 5.11 Å². The van der Waals surface area contributed by atoms with E-state index >= 15 is 0 Å². The van der Waals surface area contributed by atoms with Gasteiger partial charge in [0.15, 0.2) is 0 Å². The van der Waals surface area contributed by atoms with Gasteiger partial charge in [0.05, 0.1) is 5.56 Å². The summed E-state index contributed by atoms with van der Waals surface area (Å²) in [6, 6.07) is 7.15. The number of hydrogen-bond acceptors (Lipinski definition) is 2. The van der Waals surface area contributed by atoms with Crippen LogP contribution in [0.15, 0.2) is 24.3 Å². The van der Waals surface area contributed by atoms with Crippen molar-refractivity contribution >= 4 is 5.97 Å². The smallest absolute Gasteiger partial charge is 0.336 e. The Bertz CT molecular complexity index is 350. The minimum absolute atomic E-state index is 0.397. The largest absolute Gasteiger partial charge is 0.478 e. The molecule has 1 rings (SSSR count). The molecule has 1 aromatic carbocycles. The molecule has 2 N–H and O–H groups in total. The molecule has 0 aliphatic rings. The van der Waals surface area contributed by atoms with E-state index in [-0.39, 0.29) is 0 Å². The maximum absolute atomic E-state index is 11.0. The van der Waals surface area contributed by atoms with Crippen molar-refractivity contribution in [3.63, 3.8) is 0 Å². The number of benzene rings is 1. The van der Waals surface area contributed by atoms with E-state index in [0.29, 0.717) is 12.1 Å². The van der Waals surface area contributed by atoms with Crippen molar-refractivity contribution in [2.24, 2.45) is 0 Å². The average Bonchev–Trinajstić information content (AvgIpc) is 2.34. The highest BCUT2D eigenvalue weighted by molar-refractivity contribution is 5.89. The fourth-order valence-corrected chi connectivity index (χ4v) is 1.78. The van der Waals surface area contributed by atoms with Crippen LogP contribution in [-0.4, -0.2) is 17.6 Å². The number of unbranched alkanes of at least 4 members (excludes halogenated alkanes) is 3. The van der Waals surface area contributed by atoms with Gasteiger partial charge in [-0.2, -0.15) is 0 Å². The fraction of sp³-hybridized carbons (Fsp3) is 0.500. The van der Waals surface area contributed by atoms with E-state index in [1.54, 1.807) is 12.1 Å². The van der Waals surface area contributed by atoms with E-state index in [0.717, 1.165) is 18.5 Å². The molecule has 0 spiro atoms. The second-order valence-electron chi connectivity index (χ2n) is 4.20. The quantitative estimate of drug-likeness (QED) is 0.681. The van der Waals surface area contributed by atoms with Crippen molar-refractivity contribution in [1.29, 1.82) is 0 Å². The molecule has 0 bridgehead atoms. The van der Waals surface area contributed by atoms with Gasteiger partial charge in [-0.25, -0.2) is 4.79 Å². The zero-order valence-electron chi connectivity index (χ0n) is 10.4. The minimum Gasteiger partial charge on any atom is -0.478 e. The van der Waals surface area contributed by atoms with E-state index < -0.39 is 5.97 Å². The highest BCUT2D eigenvalue weighted by Crippen LogP contribution is 2.08. The molecule has 0 amide bonds. The predicted molar refractivity (Wildman–Crippen MR) is 69.3 cm³/mol. The molecule has 94 valence electrons. The second kappa shape index (κ2) is 7.85. The summed E-state index contributed by atoms with van der Waals surface area (Å²) in [5.41, 5.74) is 1.25. The van der Waals surface area contributed by atoms with Crippen LogP contribution in [0.25, 0.3) is 0 Å². The Kier molecular flexibility index (Phi) is 6.33. The highest BCUT2D eigenvalue weighted by atomic mass is 16.4. The van der Waals surface area contributed by atoms with Crippen molar-refractivity contribution < 1.29 is 9.90 Å². The first-order chi connectivity index (χ1) is 8.25. The van der Waals surface area contributed by atoms with E-state index in [9.17, 15) is 4.79 Å². The zero-order valence-corrected chi connectivity index (χ0v) is 10.4. The Hall–Kier alpha value is -1.35. The molecule has 0 aromatic heterocycles. The Morgan fingerprint density at radius 3 is 2.71 bits per heavy atom. The van der Waals surface area contributed by atoms with E-state index in [2.05, 4.69) is 12.2 Å². The maximum Gasteiger partial charge on any atom is 0.336 e. The number of nitrogens with one attached hydrogen (secondary N) is 1. The molecule has 0 aliphatic carbocycles. The molecular formula is C14H21NO2. The zero-order chi connectivity index (χ0) is 12.5. The summed E-state index contributed by atoms with van der Waals surface area (Å²) >= 11 is 0. The van der Waals surface area contributed by atoms with Crippen LogP contribution < -0.4 is 5.32 Å². The Balaban J connectivity index is 2.34. The first kappa shape index (κ1) is 13.7. The molecule has 3 heteroatoms. The number of carbonyl (C=O) groups is 1. The number of rotatable bonds is 8. The molecule has 17 heavy (non-hydrogen) atoms. The number of carboxylic acids is 1. The molecular weight excluding hydrogens is 214 g/mol. The van der Waals surface area contributed by atoms with Crippen LogP contribution in [0.3, 0.4) is 0 Å². The van der Waals surface area contributed by atoms with Gasteiger partial charge < -0.3 is 10.4 Å². The lowest BCUT2D eigenvalue weighted by Gasteiger charge is -2.07. The molecule has 0 heterocycles. The molecule has 0 atom stereocenters. The van der Waals surface area contributed by atoms with E-state index in [1.807, 2.05) is 12.1 Å². The first-order valence-electron chi connectivity index (χ1n) is 6.27. The molecule has 0 radical (unpaired) electrons. The van der Waals surface area contributed by atoms with Crippen LogP contribution in [0.4, 0.5) is 0 Å². The molecule has 0 saturated carbocycles. The van der Waals surface area contributed by atoms with Crippen molar-refractivity contribution in [3.05, 3.63) is 35.4 Å². The third-order valence-corrected chi connectivity index (χ3v) is 2.77. The SMILES string of the molecule is CCCCCCNCc1ccccc1C(=O)O. The van der Waals surface area contributed by atoms with Crippen LogP contribution >= 0.6 is 0 Å². The summed E-state index contributed by atoms with van der Waals surface area (Å²) in [4.78, 5) is 11.0. The standard InChI is InChI=1S/C14H21NO2/c1-2-3-4-7-10-15-11-12-8-5-6-9-13(12)14(16)17/h5-6,8-9,15H,2-4,7,10-11H2,1H3,(H,16,17). The van der Waals surface area contributed by atoms with Gasteiger partial charge in [0.25, 0.3) is 0 Å². The Labute approximate surface area is 103 Å². The number of aromatic carboxylic acids is 1. The van der Waals surface area contributed by atoms with Crippen molar-refractivity contribution in [2.75, 3.05) is 6.54 Å². The third kappa shape index (κ3) is 5.00. The van der Waals surface area contributed by atoms with Crippen LogP contribution in [0.1, 0.15) is 48.5 Å². The second-order valence-corrected chi connectivity index (χ2v) is 4.20. The van der Waals surface area contributed by atoms with Crippen molar-refractivity contribution in [2.45, 2.75) is 39.2 Å². The summed E-state index contributed by atoms with van der Waals surface area (Å²) < 4.78 is 0. The van der Waals surface area contributed by atoms with Gasteiger partial charge in [-0.05, 0) is 24.6 Å². The summed E-state index contributed by atoms with van der Waals surface area (Å²) in [5, 5.41) is 12.3. The summed E-state index contributed by atoms with van der Waals surface area (Å²) in [6.45, 7) is 3.78. The summed E-state index contributed by atoms with van der Waals surface area (Å²) in [6.07, 6.45) is 4.91. The topological polar surface area (TPSA) is 49.3 Å². The first-order valence-corrected chi connectivity index (χ1v) is 6.27. The van der Waals surface area contributed by atoms with Crippen LogP contribution in [0.5, 0.6) is 0 Å². The normalized spacial score (nSPS) is 10.4. The Morgan fingerprint density at radius 1 is 1.24 bits per heavy atom. The van der Waals surface area contributed by atoms with Gasteiger partial charge in [-0.1, -0.05) is 44.4 Å². The Morgan fingerprint density at radius 2 is 2.00 bits per heavy atom. The lowest BCUT2D eigenvalue weighted by atomic mass is 10.1. The lowest BCUT2D eigenvalue weighted by Crippen LogP contribution is -2.17. The van der Waals surface area contributed by atoms with Gasteiger partial charge in [0, 0.05) is 6.54 Å². The number of hydrogen-bond donors (Lipinski definition) is 2. The van der Waals surface area contributed by atoms with Gasteiger partial charge in [0.2, 0.25) is 0 Å². The molecule has 3 nitrogen and oxygen atoms in total. The summed E-state index contributed by atoms with van der Waals surface area (Å²) in [7, 11) is 0. The van der Waals surface area contributed by atoms with Crippen LogP contribution in [0, 0.1) is 0 Å². The van der Waals surface area contributed by atoms with Crippen LogP contribution in [0.2, 0.25) is 0 Å². The minimum atomic E-state index is -0.853. The van der Waals surface area contributed by atoms with Gasteiger partial charge >= 0.3 is 5.97 Å². The van der Waals surface area contributed by atoms with Crippen molar-refractivity contribution in [1.82, 2.24) is 5.32 Å². The maximum atomic E-state index is 11.0. The monoisotopic (exact) mass is 235 g/mol. The fourth-order valence-electron chi connectivity index (χ4n) is 1.78. The van der Waals surface area contributed by atoms with Crippen LogP contribution in [-0.2, 0) is 6.54 Å². The lowest BCUT2D eigenvalue weighted by molar-refractivity contribution is 0.0695. The van der Waals surface area contributed by atoms with E-state index in [1.165, 1.54) is 19.3 Å². The molecule has 0 saturated heterocycles. The summed E-state index contributed by atoms with van der Waals surface area (Å²) in [5.74, 6) is -0.853. The highest BCUT2D eigenvalue weighted by Gasteiger charge is 2.07. The molecule has 1 aromatic rings. The number of carboxylic acid groups (broad SMARTS) is 1. The van der Waals surface area contributed by atoms with Crippen molar-refractivity contribution in [3.8, 4) is 0 Å². The third-order valence-electron chi connectivity index (χ3n) is 2.77.